The summed E-state index contributed by atoms with van der Waals surface area (Å²) in [5, 5.41) is 0. The Morgan fingerprint density at radius 1 is 0.905 bits per heavy atom. The molecule has 0 heterocycles. The standard InChI is InChI=1S/C17H35NO2.ClH/c1-4-5-6-7-8-9-10-11-12-13-14-20-17(19)16(18)15(2)3;/h15-16H,4-14,18H2,1-3H3;1H. The van der Waals surface area contributed by atoms with Gasteiger partial charge in [-0.25, -0.2) is 0 Å². The van der Waals surface area contributed by atoms with E-state index in [-0.39, 0.29) is 24.3 Å². The fourth-order valence-electron chi connectivity index (χ4n) is 2.13. The van der Waals surface area contributed by atoms with Gasteiger partial charge in [-0.15, -0.1) is 12.4 Å². The van der Waals surface area contributed by atoms with Gasteiger partial charge in [0, 0.05) is 0 Å². The van der Waals surface area contributed by atoms with Gasteiger partial charge in [-0.1, -0.05) is 78.6 Å². The van der Waals surface area contributed by atoms with Gasteiger partial charge < -0.3 is 10.5 Å². The van der Waals surface area contributed by atoms with Crippen LogP contribution in [-0.4, -0.2) is 18.6 Å². The number of carbonyl (C=O) groups is 1. The zero-order chi connectivity index (χ0) is 15.2. The second kappa shape index (κ2) is 16.1. The molecule has 0 aromatic heterocycles. The summed E-state index contributed by atoms with van der Waals surface area (Å²) in [5.41, 5.74) is 5.72. The molecule has 0 aliphatic carbocycles. The van der Waals surface area contributed by atoms with Crippen LogP contribution >= 0.6 is 12.4 Å². The Balaban J connectivity index is 0. The molecular formula is C17H36ClNO2. The molecule has 0 radical (unpaired) electrons. The monoisotopic (exact) mass is 321 g/mol. The van der Waals surface area contributed by atoms with Crippen molar-refractivity contribution in [3.05, 3.63) is 0 Å². The van der Waals surface area contributed by atoms with E-state index >= 15 is 0 Å². The predicted molar refractivity (Wildman–Crippen MR) is 92.9 cm³/mol. The van der Waals surface area contributed by atoms with Gasteiger partial charge in [-0.2, -0.15) is 0 Å². The molecule has 4 heteroatoms. The molecule has 0 amide bonds. The Labute approximate surface area is 137 Å². The maximum Gasteiger partial charge on any atom is 0.323 e. The van der Waals surface area contributed by atoms with E-state index in [1.165, 1.54) is 51.4 Å². The van der Waals surface area contributed by atoms with Crippen molar-refractivity contribution < 1.29 is 9.53 Å². The number of esters is 1. The summed E-state index contributed by atoms with van der Waals surface area (Å²) in [4.78, 5) is 11.5. The first-order valence-electron chi connectivity index (χ1n) is 8.51. The zero-order valence-electron chi connectivity index (χ0n) is 14.2. The Morgan fingerprint density at radius 2 is 1.33 bits per heavy atom. The molecule has 21 heavy (non-hydrogen) atoms. The molecule has 0 spiro atoms. The number of carbonyl (C=O) groups excluding carboxylic acids is 1. The highest BCUT2D eigenvalue weighted by Crippen LogP contribution is 2.10. The molecule has 128 valence electrons. The van der Waals surface area contributed by atoms with Crippen LogP contribution in [0.5, 0.6) is 0 Å². The van der Waals surface area contributed by atoms with Crippen LogP contribution in [0.1, 0.15) is 85.0 Å². The summed E-state index contributed by atoms with van der Waals surface area (Å²) in [5.74, 6) is -0.105. The molecule has 0 aromatic rings. The number of halogens is 1. The molecule has 1 atom stereocenters. The maximum atomic E-state index is 11.5. The van der Waals surface area contributed by atoms with Gasteiger partial charge in [-0.05, 0) is 12.3 Å². The van der Waals surface area contributed by atoms with Crippen LogP contribution in [0.3, 0.4) is 0 Å². The molecule has 1 unspecified atom stereocenters. The molecular weight excluding hydrogens is 286 g/mol. The van der Waals surface area contributed by atoms with Gasteiger partial charge in [0.15, 0.2) is 0 Å². The third-order valence-electron chi connectivity index (χ3n) is 3.73. The van der Waals surface area contributed by atoms with Gasteiger partial charge in [0.2, 0.25) is 0 Å². The average molecular weight is 322 g/mol. The number of nitrogens with two attached hydrogens (primary N) is 1. The van der Waals surface area contributed by atoms with Gasteiger partial charge in [0.25, 0.3) is 0 Å². The second-order valence-electron chi connectivity index (χ2n) is 6.12. The van der Waals surface area contributed by atoms with Gasteiger partial charge in [0.05, 0.1) is 6.61 Å². The molecule has 0 aromatic carbocycles. The van der Waals surface area contributed by atoms with E-state index < -0.39 is 6.04 Å². The number of hydrogen-bond acceptors (Lipinski definition) is 3. The normalized spacial score (nSPS) is 12.0. The molecule has 3 nitrogen and oxygen atoms in total. The lowest BCUT2D eigenvalue weighted by atomic mass is 10.1. The van der Waals surface area contributed by atoms with E-state index in [0.29, 0.717) is 6.61 Å². The van der Waals surface area contributed by atoms with Crippen LogP contribution in [0.15, 0.2) is 0 Å². The van der Waals surface area contributed by atoms with Crippen molar-refractivity contribution in [3.63, 3.8) is 0 Å². The topological polar surface area (TPSA) is 52.3 Å². The third kappa shape index (κ3) is 14.4. The molecule has 0 fully saturated rings. The smallest absolute Gasteiger partial charge is 0.323 e. The van der Waals surface area contributed by atoms with E-state index in [1.54, 1.807) is 0 Å². The highest BCUT2D eigenvalue weighted by atomic mass is 35.5. The van der Waals surface area contributed by atoms with Crippen LogP contribution in [-0.2, 0) is 9.53 Å². The number of ether oxygens (including phenoxy) is 1. The SMILES string of the molecule is CCCCCCCCCCCCOC(=O)C(N)C(C)C.Cl. The Kier molecular flexibility index (Phi) is 17.6. The summed E-state index contributed by atoms with van der Waals surface area (Å²) in [7, 11) is 0. The van der Waals surface area contributed by atoms with Gasteiger partial charge in [-0.3, -0.25) is 4.79 Å². The number of unbranched alkanes of at least 4 members (excludes halogenated alkanes) is 9. The lowest BCUT2D eigenvalue weighted by molar-refractivity contribution is -0.146. The lowest BCUT2D eigenvalue weighted by Gasteiger charge is -2.14. The van der Waals surface area contributed by atoms with Crippen LogP contribution in [0.25, 0.3) is 0 Å². The van der Waals surface area contributed by atoms with Crippen LogP contribution < -0.4 is 5.73 Å². The minimum absolute atomic E-state index is 0. The average Bonchev–Trinajstić information content (AvgIpc) is 2.43. The quantitative estimate of drug-likeness (QED) is 0.389. The number of rotatable bonds is 13. The van der Waals surface area contributed by atoms with Gasteiger partial charge in [0.1, 0.15) is 6.04 Å². The largest absolute Gasteiger partial charge is 0.465 e. The molecule has 0 saturated carbocycles. The summed E-state index contributed by atoms with van der Waals surface area (Å²) in [6.45, 7) is 6.65. The molecule has 0 rings (SSSR count). The van der Waals surface area contributed by atoms with Gasteiger partial charge >= 0.3 is 5.97 Å². The molecule has 2 N–H and O–H groups in total. The first-order valence-corrected chi connectivity index (χ1v) is 8.51. The first-order chi connectivity index (χ1) is 9.59. The fraction of sp³-hybridized carbons (Fsp3) is 0.941. The second-order valence-corrected chi connectivity index (χ2v) is 6.12. The van der Waals surface area contributed by atoms with Crippen molar-refractivity contribution in [2.24, 2.45) is 11.7 Å². The minimum Gasteiger partial charge on any atom is -0.465 e. The lowest BCUT2D eigenvalue weighted by Crippen LogP contribution is -2.37. The summed E-state index contributed by atoms with van der Waals surface area (Å²) < 4.78 is 5.17. The summed E-state index contributed by atoms with van der Waals surface area (Å²) in [6, 6.07) is -0.474. The van der Waals surface area contributed by atoms with E-state index in [0.717, 1.165) is 12.8 Å². The van der Waals surface area contributed by atoms with E-state index in [1.807, 2.05) is 13.8 Å². The highest BCUT2D eigenvalue weighted by Gasteiger charge is 2.18. The van der Waals surface area contributed by atoms with Crippen LogP contribution in [0, 0.1) is 5.92 Å². The van der Waals surface area contributed by atoms with Crippen LogP contribution in [0.4, 0.5) is 0 Å². The maximum absolute atomic E-state index is 11.5. The first kappa shape index (κ1) is 23.0. The van der Waals surface area contributed by atoms with E-state index in [4.69, 9.17) is 10.5 Å². The van der Waals surface area contributed by atoms with E-state index in [9.17, 15) is 4.79 Å². The molecule has 0 aliphatic rings. The Hall–Kier alpha value is -0.280. The molecule has 0 aliphatic heterocycles. The molecule has 0 saturated heterocycles. The Bertz CT molecular complexity index is 235. The van der Waals surface area contributed by atoms with Crippen molar-refractivity contribution in [1.29, 1.82) is 0 Å². The van der Waals surface area contributed by atoms with Crippen molar-refractivity contribution in [1.82, 2.24) is 0 Å². The fourth-order valence-corrected chi connectivity index (χ4v) is 2.13. The molecule has 0 bridgehead atoms. The van der Waals surface area contributed by atoms with Crippen LogP contribution in [0.2, 0.25) is 0 Å². The van der Waals surface area contributed by atoms with E-state index in [2.05, 4.69) is 6.92 Å². The Morgan fingerprint density at radius 3 is 1.76 bits per heavy atom. The van der Waals surface area contributed by atoms with Crippen molar-refractivity contribution in [2.75, 3.05) is 6.61 Å². The van der Waals surface area contributed by atoms with Crippen molar-refractivity contribution in [2.45, 2.75) is 91.0 Å². The third-order valence-corrected chi connectivity index (χ3v) is 3.73. The number of hydrogen-bond donors (Lipinski definition) is 1. The van der Waals surface area contributed by atoms with Crippen molar-refractivity contribution in [3.8, 4) is 0 Å². The highest BCUT2D eigenvalue weighted by molar-refractivity contribution is 5.85. The summed E-state index contributed by atoms with van der Waals surface area (Å²) in [6.07, 6.45) is 12.9. The van der Waals surface area contributed by atoms with Crippen molar-refractivity contribution >= 4 is 18.4 Å². The summed E-state index contributed by atoms with van der Waals surface area (Å²) >= 11 is 0. The predicted octanol–water partition coefficient (Wildman–Crippen LogP) is 4.86. The zero-order valence-corrected chi connectivity index (χ0v) is 15.1. The minimum atomic E-state index is -0.474.